The molecular formula is C18H23N3O2. The van der Waals surface area contributed by atoms with Gasteiger partial charge in [0.1, 0.15) is 5.69 Å². The third kappa shape index (κ3) is 3.63. The summed E-state index contributed by atoms with van der Waals surface area (Å²) in [6.45, 7) is 6.22. The highest BCUT2D eigenvalue weighted by Gasteiger charge is 2.15. The van der Waals surface area contributed by atoms with Crippen molar-refractivity contribution in [3.8, 4) is 0 Å². The van der Waals surface area contributed by atoms with Crippen LogP contribution in [0.4, 0.5) is 5.69 Å². The minimum atomic E-state index is -0.0740. The van der Waals surface area contributed by atoms with Gasteiger partial charge < -0.3 is 14.6 Å². The highest BCUT2D eigenvalue weighted by atomic mass is 16.5. The molecule has 1 aromatic carbocycles. The third-order valence-corrected chi connectivity index (χ3v) is 4.37. The molecule has 3 rings (SSSR count). The zero-order chi connectivity index (χ0) is 16.2. The molecule has 0 aliphatic carbocycles. The molecule has 122 valence electrons. The van der Waals surface area contributed by atoms with Gasteiger partial charge in [-0.25, -0.2) is 0 Å². The van der Waals surface area contributed by atoms with Crippen LogP contribution in [0.15, 0.2) is 36.4 Å². The second-order valence-electron chi connectivity index (χ2n) is 5.92. The molecule has 0 atom stereocenters. The third-order valence-electron chi connectivity index (χ3n) is 4.37. The molecule has 2 heterocycles. The number of carbonyl (C=O) groups excluding carboxylic acids is 1. The Labute approximate surface area is 136 Å². The quantitative estimate of drug-likeness (QED) is 0.943. The monoisotopic (exact) mass is 313 g/mol. The van der Waals surface area contributed by atoms with Gasteiger partial charge in [-0.1, -0.05) is 18.2 Å². The molecule has 1 aliphatic rings. The number of hydrogen-bond donors (Lipinski definition) is 1. The largest absolute Gasteiger partial charge is 0.379 e. The van der Waals surface area contributed by atoms with E-state index in [0.717, 1.165) is 49.8 Å². The van der Waals surface area contributed by atoms with Crippen LogP contribution in [-0.4, -0.2) is 41.7 Å². The molecule has 2 aromatic rings. The molecule has 1 aliphatic heterocycles. The molecule has 5 nitrogen and oxygen atoms in total. The lowest BCUT2D eigenvalue weighted by Crippen LogP contribution is -2.35. The van der Waals surface area contributed by atoms with Crippen molar-refractivity contribution in [3.05, 3.63) is 53.3 Å². The van der Waals surface area contributed by atoms with Crippen molar-refractivity contribution in [2.75, 3.05) is 31.6 Å². The molecule has 0 saturated carbocycles. The Bertz CT molecular complexity index is 687. The van der Waals surface area contributed by atoms with E-state index in [0.29, 0.717) is 5.69 Å². The normalized spacial score (nSPS) is 15.6. The highest BCUT2D eigenvalue weighted by Crippen LogP contribution is 2.19. The van der Waals surface area contributed by atoms with Crippen LogP contribution in [-0.2, 0) is 18.3 Å². The summed E-state index contributed by atoms with van der Waals surface area (Å²) in [6, 6.07) is 11.8. The molecule has 0 unspecified atom stereocenters. The smallest absolute Gasteiger partial charge is 0.272 e. The standard InChI is InChI=1S/C18H23N3O2/c1-14-7-8-17(20(14)2)18(22)19-16-6-4-3-5-15(16)13-21-9-11-23-12-10-21/h3-8H,9-13H2,1-2H3,(H,19,22). The molecule has 1 fully saturated rings. The molecular weight excluding hydrogens is 290 g/mol. The summed E-state index contributed by atoms with van der Waals surface area (Å²) < 4.78 is 7.29. The average molecular weight is 313 g/mol. The number of ether oxygens (including phenoxy) is 1. The summed E-state index contributed by atoms with van der Waals surface area (Å²) in [4.78, 5) is 14.9. The summed E-state index contributed by atoms with van der Waals surface area (Å²) in [6.07, 6.45) is 0. The maximum atomic E-state index is 12.5. The summed E-state index contributed by atoms with van der Waals surface area (Å²) >= 11 is 0. The number of aryl methyl sites for hydroxylation is 1. The van der Waals surface area contributed by atoms with Gasteiger partial charge in [0.05, 0.1) is 13.2 Å². The predicted octanol–water partition coefficient (Wildman–Crippen LogP) is 2.42. The first-order valence-corrected chi connectivity index (χ1v) is 7.97. The molecule has 1 amide bonds. The Kier molecular flexibility index (Phi) is 4.79. The average Bonchev–Trinajstić information content (AvgIpc) is 2.90. The Morgan fingerprint density at radius 1 is 1.17 bits per heavy atom. The maximum absolute atomic E-state index is 12.5. The lowest BCUT2D eigenvalue weighted by Gasteiger charge is -2.27. The Hall–Kier alpha value is -2.11. The van der Waals surface area contributed by atoms with Crippen molar-refractivity contribution >= 4 is 11.6 Å². The summed E-state index contributed by atoms with van der Waals surface area (Å²) in [5.41, 5.74) is 3.75. The Morgan fingerprint density at radius 2 is 1.91 bits per heavy atom. The van der Waals surface area contributed by atoms with Crippen molar-refractivity contribution in [2.24, 2.45) is 7.05 Å². The maximum Gasteiger partial charge on any atom is 0.272 e. The number of nitrogens with zero attached hydrogens (tertiary/aromatic N) is 2. The van der Waals surface area contributed by atoms with E-state index in [1.807, 2.05) is 48.9 Å². The topological polar surface area (TPSA) is 46.5 Å². The number of aromatic nitrogens is 1. The molecule has 23 heavy (non-hydrogen) atoms. The fourth-order valence-corrected chi connectivity index (χ4v) is 2.81. The van der Waals surface area contributed by atoms with Crippen LogP contribution in [0, 0.1) is 6.92 Å². The molecule has 5 heteroatoms. The van der Waals surface area contributed by atoms with Gasteiger partial charge in [0.15, 0.2) is 0 Å². The summed E-state index contributed by atoms with van der Waals surface area (Å²) in [5, 5.41) is 3.05. The van der Waals surface area contributed by atoms with Gasteiger partial charge in [0, 0.05) is 38.1 Å². The van der Waals surface area contributed by atoms with E-state index < -0.39 is 0 Å². The molecule has 0 bridgehead atoms. The van der Waals surface area contributed by atoms with Gasteiger partial charge >= 0.3 is 0 Å². The molecule has 1 aromatic heterocycles. The fourth-order valence-electron chi connectivity index (χ4n) is 2.81. The van der Waals surface area contributed by atoms with E-state index >= 15 is 0 Å². The van der Waals surface area contributed by atoms with E-state index in [9.17, 15) is 4.79 Å². The van der Waals surface area contributed by atoms with Gasteiger partial charge in [0.25, 0.3) is 5.91 Å². The lowest BCUT2D eigenvalue weighted by atomic mass is 10.1. The van der Waals surface area contributed by atoms with E-state index in [1.54, 1.807) is 0 Å². The number of nitrogens with one attached hydrogen (secondary N) is 1. The SMILES string of the molecule is Cc1ccc(C(=O)Nc2ccccc2CN2CCOCC2)n1C. The van der Waals surface area contributed by atoms with E-state index in [4.69, 9.17) is 4.74 Å². The van der Waals surface area contributed by atoms with Crippen LogP contribution in [0.3, 0.4) is 0 Å². The van der Waals surface area contributed by atoms with Gasteiger partial charge in [-0.05, 0) is 30.7 Å². The van der Waals surface area contributed by atoms with Gasteiger partial charge in [0.2, 0.25) is 0 Å². The fraction of sp³-hybridized carbons (Fsp3) is 0.389. The van der Waals surface area contributed by atoms with E-state index in [1.165, 1.54) is 0 Å². The van der Waals surface area contributed by atoms with Crippen molar-refractivity contribution in [1.82, 2.24) is 9.47 Å². The first-order chi connectivity index (χ1) is 11.1. The molecule has 0 radical (unpaired) electrons. The summed E-state index contributed by atoms with van der Waals surface area (Å²) in [5.74, 6) is -0.0740. The Morgan fingerprint density at radius 3 is 2.61 bits per heavy atom. The number of anilines is 1. The predicted molar refractivity (Wildman–Crippen MR) is 90.6 cm³/mol. The number of hydrogen-bond acceptors (Lipinski definition) is 3. The minimum absolute atomic E-state index is 0.0740. The number of para-hydroxylation sites is 1. The number of amides is 1. The van der Waals surface area contributed by atoms with Gasteiger partial charge in [-0.3, -0.25) is 9.69 Å². The summed E-state index contributed by atoms with van der Waals surface area (Å²) in [7, 11) is 1.91. The molecule has 1 saturated heterocycles. The zero-order valence-electron chi connectivity index (χ0n) is 13.7. The van der Waals surface area contributed by atoms with Crippen LogP contribution in [0.1, 0.15) is 21.7 Å². The first kappa shape index (κ1) is 15.8. The van der Waals surface area contributed by atoms with Gasteiger partial charge in [-0.2, -0.15) is 0 Å². The van der Waals surface area contributed by atoms with Crippen molar-refractivity contribution in [1.29, 1.82) is 0 Å². The van der Waals surface area contributed by atoms with Crippen molar-refractivity contribution in [2.45, 2.75) is 13.5 Å². The van der Waals surface area contributed by atoms with Crippen LogP contribution >= 0.6 is 0 Å². The van der Waals surface area contributed by atoms with Crippen LogP contribution in [0.25, 0.3) is 0 Å². The zero-order valence-corrected chi connectivity index (χ0v) is 13.7. The van der Waals surface area contributed by atoms with Crippen molar-refractivity contribution < 1.29 is 9.53 Å². The second-order valence-corrected chi connectivity index (χ2v) is 5.92. The second kappa shape index (κ2) is 6.98. The highest BCUT2D eigenvalue weighted by molar-refractivity contribution is 6.03. The lowest BCUT2D eigenvalue weighted by molar-refractivity contribution is 0.0342. The first-order valence-electron chi connectivity index (χ1n) is 7.97. The number of benzene rings is 1. The molecule has 1 N–H and O–H groups in total. The van der Waals surface area contributed by atoms with Crippen molar-refractivity contribution in [3.63, 3.8) is 0 Å². The minimum Gasteiger partial charge on any atom is -0.379 e. The Balaban J connectivity index is 1.74. The number of rotatable bonds is 4. The molecule has 0 spiro atoms. The number of morpholine rings is 1. The van der Waals surface area contributed by atoms with E-state index in [-0.39, 0.29) is 5.91 Å². The van der Waals surface area contributed by atoms with Crippen LogP contribution < -0.4 is 5.32 Å². The van der Waals surface area contributed by atoms with Gasteiger partial charge in [-0.15, -0.1) is 0 Å². The van der Waals surface area contributed by atoms with Crippen LogP contribution in [0.2, 0.25) is 0 Å². The van der Waals surface area contributed by atoms with Crippen LogP contribution in [0.5, 0.6) is 0 Å². The number of carbonyl (C=O) groups is 1. The van der Waals surface area contributed by atoms with E-state index in [2.05, 4.69) is 16.3 Å².